The highest BCUT2D eigenvalue weighted by Crippen LogP contribution is 2.27. The second-order valence-corrected chi connectivity index (χ2v) is 6.15. The summed E-state index contributed by atoms with van der Waals surface area (Å²) in [5.74, 6) is 0.668. The number of carbonyl (C=O) groups is 1. The summed E-state index contributed by atoms with van der Waals surface area (Å²) < 4.78 is 5.24. The molecule has 1 aromatic carbocycles. The maximum absolute atomic E-state index is 11.8. The van der Waals surface area contributed by atoms with Crippen molar-refractivity contribution in [1.29, 1.82) is 0 Å². The summed E-state index contributed by atoms with van der Waals surface area (Å²) in [4.78, 5) is 16.1. The van der Waals surface area contributed by atoms with Gasteiger partial charge in [-0.1, -0.05) is 11.6 Å². The van der Waals surface area contributed by atoms with Crippen LogP contribution in [-0.2, 0) is 11.3 Å². The number of aromatic nitrogens is 1. The molecule has 0 spiro atoms. The predicted octanol–water partition coefficient (Wildman–Crippen LogP) is 3.23. The molecular formula is C15H18ClN3O2S. The Labute approximate surface area is 138 Å². The lowest BCUT2D eigenvalue weighted by molar-refractivity contribution is -0.121. The SMILES string of the molecule is COc1ccc(Cl)cc1NCCC(=O)NCc1csc(C)n1. The van der Waals surface area contributed by atoms with E-state index in [0.717, 1.165) is 16.4 Å². The third-order valence-electron chi connectivity index (χ3n) is 2.96. The number of nitrogens with one attached hydrogen (secondary N) is 2. The summed E-state index contributed by atoms with van der Waals surface area (Å²) >= 11 is 7.53. The van der Waals surface area contributed by atoms with Crippen molar-refractivity contribution in [3.8, 4) is 5.75 Å². The van der Waals surface area contributed by atoms with Crippen molar-refractivity contribution in [2.75, 3.05) is 19.0 Å². The lowest BCUT2D eigenvalue weighted by atomic mass is 10.2. The Morgan fingerprint density at radius 2 is 2.27 bits per heavy atom. The summed E-state index contributed by atoms with van der Waals surface area (Å²) in [6, 6.07) is 5.32. The van der Waals surface area contributed by atoms with E-state index < -0.39 is 0 Å². The van der Waals surface area contributed by atoms with E-state index in [2.05, 4.69) is 15.6 Å². The number of ether oxygens (including phenoxy) is 1. The van der Waals surface area contributed by atoms with Crippen LogP contribution in [0.4, 0.5) is 5.69 Å². The number of benzene rings is 1. The molecule has 1 amide bonds. The van der Waals surface area contributed by atoms with Crippen LogP contribution in [-0.4, -0.2) is 24.5 Å². The topological polar surface area (TPSA) is 63.2 Å². The highest BCUT2D eigenvalue weighted by Gasteiger charge is 2.06. The van der Waals surface area contributed by atoms with Crippen LogP contribution in [0.25, 0.3) is 0 Å². The first-order valence-electron chi connectivity index (χ1n) is 6.83. The molecule has 2 N–H and O–H groups in total. The number of methoxy groups -OCH3 is 1. The first kappa shape index (κ1) is 16.6. The first-order valence-corrected chi connectivity index (χ1v) is 8.09. The standard InChI is InChI=1S/C15H18ClN3O2S/c1-10-19-12(9-22-10)8-18-15(20)5-6-17-13-7-11(16)3-4-14(13)21-2/h3-4,7,9,17H,5-6,8H2,1-2H3,(H,18,20). The molecular weight excluding hydrogens is 322 g/mol. The fraction of sp³-hybridized carbons (Fsp3) is 0.333. The maximum Gasteiger partial charge on any atom is 0.222 e. The van der Waals surface area contributed by atoms with E-state index in [4.69, 9.17) is 16.3 Å². The number of amides is 1. The predicted molar refractivity (Wildman–Crippen MR) is 89.8 cm³/mol. The Hall–Kier alpha value is -1.79. The summed E-state index contributed by atoms with van der Waals surface area (Å²) in [6.07, 6.45) is 0.360. The van der Waals surface area contributed by atoms with Crippen LogP contribution in [0.2, 0.25) is 5.02 Å². The van der Waals surface area contributed by atoms with Crippen molar-refractivity contribution in [1.82, 2.24) is 10.3 Å². The molecule has 0 aliphatic heterocycles. The van der Waals surface area contributed by atoms with Crippen LogP contribution < -0.4 is 15.4 Å². The van der Waals surface area contributed by atoms with E-state index in [1.165, 1.54) is 0 Å². The summed E-state index contributed by atoms with van der Waals surface area (Å²) in [5.41, 5.74) is 1.67. The van der Waals surface area contributed by atoms with Gasteiger partial charge >= 0.3 is 0 Å². The summed E-state index contributed by atoms with van der Waals surface area (Å²) in [6.45, 7) is 2.90. The molecule has 5 nitrogen and oxygen atoms in total. The first-order chi connectivity index (χ1) is 10.6. The minimum atomic E-state index is -0.0286. The number of rotatable bonds is 7. The number of hydrogen-bond acceptors (Lipinski definition) is 5. The fourth-order valence-corrected chi connectivity index (χ4v) is 2.68. The molecule has 0 atom stereocenters. The molecule has 7 heteroatoms. The molecule has 0 bridgehead atoms. The lowest BCUT2D eigenvalue weighted by Gasteiger charge is -2.11. The Morgan fingerprint density at radius 3 is 2.95 bits per heavy atom. The Morgan fingerprint density at radius 1 is 1.45 bits per heavy atom. The number of thiazole rings is 1. The molecule has 0 saturated carbocycles. The van der Waals surface area contributed by atoms with Crippen molar-refractivity contribution in [2.45, 2.75) is 19.9 Å². The third kappa shape index (κ3) is 4.89. The Bertz CT molecular complexity index is 645. The van der Waals surface area contributed by atoms with Crippen LogP contribution in [0.1, 0.15) is 17.1 Å². The van der Waals surface area contributed by atoms with E-state index in [-0.39, 0.29) is 5.91 Å². The fourth-order valence-electron chi connectivity index (χ4n) is 1.90. The molecule has 22 heavy (non-hydrogen) atoms. The van der Waals surface area contributed by atoms with E-state index in [1.54, 1.807) is 36.6 Å². The number of hydrogen-bond donors (Lipinski definition) is 2. The van der Waals surface area contributed by atoms with Gasteiger partial charge in [0.2, 0.25) is 5.91 Å². The average molecular weight is 340 g/mol. The normalized spacial score (nSPS) is 10.3. The molecule has 2 aromatic rings. The quantitative estimate of drug-likeness (QED) is 0.813. The van der Waals surface area contributed by atoms with Crippen molar-refractivity contribution >= 4 is 34.5 Å². The monoisotopic (exact) mass is 339 g/mol. The highest BCUT2D eigenvalue weighted by atomic mass is 35.5. The highest BCUT2D eigenvalue weighted by molar-refractivity contribution is 7.09. The van der Waals surface area contributed by atoms with Gasteiger partial charge in [0, 0.05) is 23.4 Å². The van der Waals surface area contributed by atoms with Crippen LogP contribution in [0.15, 0.2) is 23.6 Å². The van der Waals surface area contributed by atoms with Crippen molar-refractivity contribution in [3.63, 3.8) is 0 Å². The Balaban J connectivity index is 1.76. The number of anilines is 1. The zero-order valence-corrected chi connectivity index (χ0v) is 14.1. The second kappa shape index (κ2) is 8.00. The van der Waals surface area contributed by atoms with Crippen LogP contribution >= 0.6 is 22.9 Å². The largest absolute Gasteiger partial charge is 0.495 e. The van der Waals surface area contributed by atoms with Crippen LogP contribution in [0, 0.1) is 6.92 Å². The van der Waals surface area contributed by atoms with Gasteiger partial charge in [-0.3, -0.25) is 4.79 Å². The number of carbonyl (C=O) groups excluding carboxylic acids is 1. The molecule has 0 aliphatic rings. The van der Waals surface area contributed by atoms with Gasteiger partial charge in [0.05, 0.1) is 30.0 Å². The molecule has 0 saturated heterocycles. The summed E-state index contributed by atoms with van der Waals surface area (Å²) in [5, 5.41) is 9.57. The minimum absolute atomic E-state index is 0.0286. The number of aryl methyl sites for hydroxylation is 1. The number of nitrogens with zero attached hydrogens (tertiary/aromatic N) is 1. The van der Waals surface area contributed by atoms with Crippen LogP contribution in [0.5, 0.6) is 5.75 Å². The average Bonchev–Trinajstić information content (AvgIpc) is 2.91. The maximum atomic E-state index is 11.8. The van der Waals surface area contributed by atoms with Gasteiger partial charge in [0.15, 0.2) is 0 Å². The van der Waals surface area contributed by atoms with Gasteiger partial charge in [0.1, 0.15) is 5.75 Å². The molecule has 0 fully saturated rings. The molecule has 0 aliphatic carbocycles. The third-order valence-corrected chi connectivity index (χ3v) is 4.02. The van der Waals surface area contributed by atoms with E-state index >= 15 is 0 Å². The van der Waals surface area contributed by atoms with Crippen molar-refractivity contribution in [3.05, 3.63) is 39.3 Å². The lowest BCUT2D eigenvalue weighted by Crippen LogP contribution is -2.25. The molecule has 0 radical (unpaired) electrons. The minimum Gasteiger partial charge on any atom is -0.495 e. The van der Waals surface area contributed by atoms with E-state index in [1.807, 2.05) is 12.3 Å². The van der Waals surface area contributed by atoms with Gasteiger partial charge in [0.25, 0.3) is 0 Å². The zero-order valence-electron chi connectivity index (χ0n) is 12.5. The second-order valence-electron chi connectivity index (χ2n) is 4.66. The van der Waals surface area contributed by atoms with Gasteiger partial charge in [-0.15, -0.1) is 11.3 Å². The number of halogens is 1. The molecule has 1 aromatic heterocycles. The van der Waals surface area contributed by atoms with Crippen molar-refractivity contribution in [2.24, 2.45) is 0 Å². The van der Waals surface area contributed by atoms with E-state index in [0.29, 0.717) is 30.3 Å². The molecule has 0 unspecified atom stereocenters. The molecule has 2 rings (SSSR count). The molecule has 118 valence electrons. The smallest absolute Gasteiger partial charge is 0.222 e. The van der Waals surface area contributed by atoms with Gasteiger partial charge in [-0.25, -0.2) is 4.98 Å². The van der Waals surface area contributed by atoms with Crippen LogP contribution in [0.3, 0.4) is 0 Å². The van der Waals surface area contributed by atoms with E-state index in [9.17, 15) is 4.79 Å². The molecule has 1 heterocycles. The van der Waals surface area contributed by atoms with Gasteiger partial charge in [-0.05, 0) is 25.1 Å². The van der Waals surface area contributed by atoms with Gasteiger partial charge < -0.3 is 15.4 Å². The van der Waals surface area contributed by atoms with Crippen molar-refractivity contribution < 1.29 is 9.53 Å². The summed E-state index contributed by atoms with van der Waals surface area (Å²) in [7, 11) is 1.59. The Kier molecular flexibility index (Phi) is 6.03. The van der Waals surface area contributed by atoms with Gasteiger partial charge in [-0.2, -0.15) is 0 Å². The zero-order chi connectivity index (χ0) is 15.9.